The number of halogens is 1. The third-order valence-electron chi connectivity index (χ3n) is 6.88. The summed E-state index contributed by atoms with van der Waals surface area (Å²) >= 11 is 0. The Labute approximate surface area is 148 Å². The number of rotatable bonds is 3. The molecule has 0 aliphatic heterocycles. The van der Waals surface area contributed by atoms with Crippen molar-refractivity contribution in [3.63, 3.8) is 0 Å². The van der Waals surface area contributed by atoms with Gasteiger partial charge in [0.1, 0.15) is 11.6 Å². The minimum Gasteiger partial charge on any atom is -0.314 e. The van der Waals surface area contributed by atoms with Crippen molar-refractivity contribution in [1.82, 2.24) is 14.8 Å². The zero-order valence-corrected chi connectivity index (χ0v) is 15.0. The standard InChI is InChI=1S/C20H25FN4/c1-24(17-5-3-16(21)4-6-17)19-23-22-18(25(19)2)20-10-13-7-14(11-20)9-15(8-13)12-20/h3-6,13-15H,7-12H2,1-2H3. The zero-order chi connectivity index (χ0) is 17.2. The van der Waals surface area contributed by atoms with Gasteiger partial charge in [-0.3, -0.25) is 4.57 Å². The number of nitrogens with zero attached hydrogens (tertiary/aromatic N) is 4. The third kappa shape index (κ3) is 2.31. The molecule has 0 saturated heterocycles. The Hall–Kier alpha value is -1.91. The Balaban J connectivity index is 1.49. The van der Waals surface area contributed by atoms with E-state index in [2.05, 4.69) is 21.8 Å². The van der Waals surface area contributed by atoms with Gasteiger partial charge in [-0.15, -0.1) is 10.2 Å². The highest BCUT2D eigenvalue weighted by Crippen LogP contribution is 2.60. The molecule has 132 valence electrons. The molecule has 4 fully saturated rings. The van der Waals surface area contributed by atoms with E-state index < -0.39 is 0 Å². The number of anilines is 2. The van der Waals surface area contributed by atoms with Gasteiger partial charge < -0.3 is 4.90 Å². The van der Waals surface area contributed by atoms with Gasteiger partial charge in [0, 0.05) is 25.2 Å². The molecule has 0 unspecified atom stereocenters. The molecule has 0 atom stereocenters. The Morgan fingerprint density at radius 2 is 1.56 bits per heavy atom. The summed E-state index contributed by atoms with van der Waals surface area (Å²) in [5.41, 5.74) is 1.16. The van der Waals surface area contributed by atoms with Crippen LogP contribution in [-0.4, -0.2) is 21.8 Å². The molecule has 0 radical (unpaired) electrons. The van der Waals surface area contributed by atoms with Crippen LogP contribution in [0.2, 0.25) is 0 Å². The summed E-state index contributed by atoms with van der Waals surface area (Å²) in [5, 5.41) is 9.18. The summed E-state index contributed by atoms with van der Waals surface area (Å²) in [6.07, 6.45) is 8.14. The van der Waals surface area contributed by atoms with Gasteiger partial charge >= 0.3 is 0 Å². The van der Waals surface area contributed by atoms with Crippen LogP contribution >= 0.6 is 0 Å². The van der Waals surface area contributed by atoms with Crippen molar-refractivity contribution in [2.24, 2.45) is 24.8 Å². The average Bonchev–Trinajstić information content (AvgIpc) is 2.96. The Kier molecular flexibility index (Phi) is 3.25. The quantitative estimate of drug-likeness (QED) is 0.840. The molecule has 4 saturated carbocycles. The Bertz CT molecular complexity index is 759. The number of aromatic nitrogens is 3. The largest absolute Gasteiger partial charge is 0.314 e. The van der Waals surface area contributed by atoms with E-state index in [4.69, 9.17) is 0 Å². The predicted molar refractivity (Wildman–Crippen MR) is 95.3 cm³/mol. The first-order valence-corrected chi connectivity index (χ1v) is 9.43. The van der Waals surface area contributed by atoms with Gasteiger partial charge in [-0.05, 0) is 80.5 Å². The van der Waals surface area contributed by atoms with Crippen LogP contribution < -0.4 is 4.90 Å². The van der Waals surface area contributed by atoms with Crippen LogP contribution in [0.4, 0.5) is 16.0 Å². The van der Waals surface area contributed by atoms with Crippen LogP contribution in [0.25, 0.3) is 0 Å². The fraction of sp³-hybridized carbons (Fsp3) is 0.600. The molecule has 1 heterocycles. The summed E-state index contributed by atoms with van der Waals surface area (Å²) < 4.78 is 15.4. The normalized spacial score (nSPS) is 33.0. The fourth-order valence-electron chi connectivity index (χ4n) is 6.24. The number of hydrogen-bond acceptors (Lipinski definition) is 3. The summed E-state index contributed by atoms with van der Waals surface area (Å²) in [6.45, 7) is 0. The van der Waals surface area contributed by atoms with E-state index >= 15 is 0 Å². The first-order valence-electron chi connectivity index (χ1n) is 9.43. The van der Waals surface area contributed by atoms with E-state index in [1.165, 1.54) is 50.7 Å². The smallest absolute Gasteiger partial charge is 0.231 e. The summed E-state index contributed by atoms with van der Waals surface area (Å²) in [4.78, 5) is 2.00. The second-order valence-electron chi connectivity index (χ2n) is 8.62. The number of hydrogen-bond donors (Lipinski definition) is 0. The first kappa shape index (κ1) is 15.4. The molecule has 0 spiro atoms. The fourth-order valence-corrected chi connectivity index (χ4v) is 6.24. The van der Waals surface area contributed by atoms with Crippen molar-refractivity contribution >= 4 is 11.6 Å². The van der Waals surface area contributed by atoms with Crippen LogP contribution in [0.15, 0.2) is 24.3 Å². The second-order valence-corrected chi connectivity index (χ2v) is 8.62. The van der Waals surface area contributed by atoms with Gasteiger partial charge in [-0.25, -0.2) is 4.39 Å². The van der Waals surface area contributed by atoms with Crippen LogP contribution in [0, 0.1) is 23.6 Å². The van der Waals surface area contributed by atoms with E-state index in [1.807, 2.05) is 11.9 Å². The van der Waals surface area contributed by atoms with Crippen molar-refractivity contribution < 1.29 is 4.39 Å². The molecule has 0 amide bonds. The lowest BCUT2D eigenvalue weighted by molar-refractivity contribution is -0.0107. The molecule has 1 aromatic carbocycles. The number of benzene rings is 1. The highest BCUT2D eigenvalue weighted by atomic mass is 19.1. The van der Waals surface area contributed by atoms with E-state index in [9.17, 15) is 4.39 Å². The summed E-state index contributed by atoms with van der Waals surface area (Å²) in [5.74, 6) is 4.45. The zero-order valence-electron chi connectivity index (χ0n) is 15.0. The molecule has 4 nitrogen and oxygen atoms in total. The Morgan fingerprint density at radius 1 is 1.00 bits per heavy atom. The Morgan fingerprint density at radius 3 is 2.12 bits per heavy atom. The van der Waals surface area contributed by atoms with Crippen molar-refractivity contribution in [1.29, 1.82) is 0 Å². The summed E-state index contributed by atoms with van der Waals surface area (Å²) in [6, 6.07) is 6.55. The van der Waals surface area contributed by atoms with Gasteiger partial charge in [0.25, 0.3) is 0 Å². The van der Waals surface area contributed by atoms with Crippen LogP contribution in [0.1, 0.15) is 44.3 Å². The molecular weight excluding hydrogens is 315 g/mol. The van der Waals surface area contributed by atoms with Crippen molar-refractivity contribution in [2.75, 3.05) is 11.9 Å². The van der Waals surface area contributed by atoms with E-state index in [0.29, 0.717) is 0 Å². The van der Waals surface area contributed by atoms with E-state index in [0.717, 1.165) is 35.2 Å². The molecule has 1 aromatic heterocycles. The highest BCUT2D eigenvalue weighted by Gasteiger charge is 2.53. The molecule has 4 aliphatic rings. The van der Waals surface area contributed by atoms with Crippen molar-refractivity contribution in [3.05, 3.63) is 35.9 Å². The van der Waals surface area contributed by atoms with Crippen LogP contribution in [0.3, 0.4) is 0 Å². The third-order valence-corrected chi connectivity index (χ3v) is 6.88. The van der Waals surface area contributed by atoms with E-state index in [-0.39, 0.29) is 11.2 Å². The highest BCUT2D eigenvalue weighted by molar-refractivity contribution is 5.56. The molecule has 6 rings (SSSR count). The van der Waals surface area contributed by atoms with Crippen LogP contribution in [0.5, 0.6) is 0 Å². The minimum atomic E-state index is -0.218. The average molecular weight is 340 g/mol. The monoisotopic (exact) mass is 340 g/mol. The predicted octanol–water partition coefficient (Wildman–Crippen LogP) is 4.19. The van der Waals surface area contributed by atoms with Crippen molar-refractivity contribution in [2.45, 2.75) is 43.9 Å². The lowest BCUT2D eigenvalue weighted by Crippen LogP contribution is -2.49. The lowest BCUT2D eigenvalue weighted by Gasteiger charge is -2.56. The molecular formula is C20H25FN4. The van der Waals surface area contributed by atoms with Gasteiger partial charge in [0.2, 0.25) is 5.95 Å². The second kappa shape index (κ2) is 5.29. The first-order chi connectivity index (χ1) is 12.0. The maximum Gasteiger partial charge on any atom is 0.231 e. The van der Waals surface area contributed by atoms with Gasteiger partial charge in [-0.1, -0.05) is 0 Å². The molecule has 0 N–H and O–H groups in total. The van der Waals surface area contributed by atoms with Crippen molar-refractivity contribution in [3.8, 4) is 0 Å². The molecule has 2 aromatic rings. The maximum atomic E-state index is 13.2. The molecule has 4 aliphatic carbocycles. The maximum absolute atomic E-state index is 13.2. The van der Waals surface area contributed by atoms with Crippen LogP contribution in [-0.2, 0) is 12.5 Å². The molecule has 25 heavy (non-hydrogen) atoms. The van der Waals surface area contributed by atoms with Gasteiger partial charge in [-0.2, -0.15) is 0 Å². The van der Waals surface area contributed by atoms with Gasteiger partial charge in [0.15, 0.2) is 0 Å². The molecule has 5 heteroatoms. The lowest BCUT2D eigenvalue weighted by atomic mass is 9.49. The van der Waals surface area contributed by atoms with E-state index in [1.54, 1.807) is 12.1 Å². The summed E-state index contributed by atoms with van der Waals surface area (Å²) in [7, 11) is 4.06. The topological polar surface area (TPSA) is 34.0 Å². The molecule has 4 bridgehead atoms. The minimum absolute atomic E-state index is 0.218. The SMILES string of the molecule is CN(c1ccc(F)cc1)c1nnc(C23CC4CC(CC(C4)C2)C3)n1C. The van der Waals surface area contributed by atoms with Gasteiger partial charge in [0.05, 0.1) is 0 Å².